The maximum absolute atomic E-state index is 13.0. The van der Waals surface area contributed by atoms with Gasteiger partial charge in [-0.05, 0) is 61.9 Å². The molecule has 0 fully saturated rings. The SMILES string of the molecule is CCN(CC)c1ccc(/C=N/NC(=O)/C(=C\c2ccc3c(c2)OCO3)NC(=O)c2ccccc2)c(O)c1. The number of hydrogen-bond acceptors (Lipinski definition) is 7. The number of ether oxygens (including phenoxy) is 2. The first-order chi connectivity index (χ1) is 18.0. The van der Waals surface area contributed by atoms with Crippen LogP contribution in [0.3, 0.4) is 0 Å². The molecule has 0 aliphatic carbocycles. The summed E-state index contributed by atoms with van der Waals surface area (Å²) < 4.78 is 10.7. The Morgan fingerprint density at radius 1 is 1.00 bits per heavy atom. The Bertz CT molecular complexity index is 1330. The summed E-state index contributed by atoms with van der Waals surface area (Å²) in [6.45, 7) is 5.82. The molecule has 9 heteroatoms. The normalized spacial score (nSPS) is 12.4. The zero-order valence-electron chi connectivity index (χ0n) is 20.6. The van der Waals surface area contributed by atoms with Crippen LogP contribution in [0.5, 0.6) is 17.2 Å². The Kier molecular flexibility index (Phi) is 8.05. The molecule has 0 spiro atoms. The molecule has 190 valence electrons. The van der Waals surface area contributed by atoms with Crippen LogP contribution < -0.4 is 25.1 Å². The summed E-state index contributed by atoms with van der Waals surface area (Å²) in [7, 11) is 0. The van der Waals surface area contributed by atoms with Gasteiger partial charge in [-0.15, -0.1) is 0 Å². The predicted molar refractivity (Wildman–Crippen MR) is 142 cm³/mol. The number of rotatable bonds is 9. The van der Waals surface area contributed by atoms with Crippen LogP contribution in [-0.4, -0.2) is 43.0 Å². The Hall–Kier alpha value is -4.79. The third-order valence-electron chi connectivity index (χ3n) is 5.75. The van der Waals surface area contributed by atoms with E-state index in [9.17, 15) is 14.7 Å². The topological polar surface area (TPSA) is 112 Å². The molecule has 0 bridgehead atoms. The molecule has 0 aromatic heterocycles. The highest BCUT2D eigenvalue weighted by Crippen LogP contribution is 2.33. The van der Waals surface area contributed by atoms with Crippen molar-refractivity contribution in [3.05, 3.63) is 89.1 Å². The van der Waals surface area contributed by atoms with Gasteiger partial charge in [0.2, 0.25) is 6.79 Å². The third kappa shape index (κ3) is 6.26. The summed E-state index contributed by atoms with van der Waals surface area (Å²) in [5.41, 5.74) is 4.74. The highest BCUT2D eigenvalue weighted by molar-refractivity contribution is 6.05. The van der Waals surface area contributed by atoms with Gasteiger partial charge < -0.3 is 24.8 Å². The largest absolute Gasteiger partial charge is 0.507 e. The third-order valence-corrected chi connectivity index (χ3v) is 5.75. The van der Waals surface area contributed by atoms with Crippen molar-refractivity contribution in [3.8, 4) is 17.2 Å². The monoisotopic (exact) mass is 500 g/mol. The fraction of sp³-hybridized carbons (Fsp3) is 0.179. The molecule has 37 heavy (non-hydrogen) atoms. The van der Waals surface area contributed by atoms with E-state index < -0.39 is 11.8 Å². The number of hydrogen-bond donors (Lipinski definition) is 3. The second kappa shape index (κ2) is 11.8. The lowest BCUT2D eigenvalue weighted by Crippen LogP contribution is -2.32. The molecule has 9 nitrogen and oxygen atoms in total. The summed E-state index contributed by atoms with van der Waals surface area (Å²) in [4.78, 5) is 27.9. The van der Waals surface area contributed by atoms with Gasteiger partial charge in [0.05, 0.1) is 6.21 Å². The number of amides is 2. The standard InChI is InChI=1S/C28H28N4O5/c1-3-32(4-2)22-12-11-21(24(33)16-22)17-29-31-28(35)23(30-27(34)20-8-6-5-7-9-20)14-19-10-13-25-26(15-19)37-18-36-25/h5-17,33H,3-4,18H2,1-2H3,(H,30,34)(H,31,35)/b23-14+,29-17+. The number of phenolic OH excluding ortho intramolecular Hbond substituents is 1. The molecule has 3 aromatic rings. The lowest BCUT2D eigenvalue weighted by Gasteiger charge is -2.21. The van der Waals surface area contributed by atoms with E-state index in [-0.39, 0.29) is 18.2 Å². The van der Waals surface area contributed by atoms with Gasteiger partial charge in [-0.2, -0.15) is 5.10 Å². The Morgan fingerprint density at radius 3 is 2.49 bits per heavy atom. The summed E-state index contributed by atoms with van der Waals surface area (Å²) in [5, 5.41) is 17.0. The van der Waals surface area contributed by atoms with E-state index in [1.165, 1.54) is 12.3 Å². The number of phenols is 1. The van der Waals surface area contributed by atoms with E-state index in [0.29, 0.717) is 28.2 Å². The van der Waals surface area contributed by atoms with Gasteiger partial charge in [0, 0.05) is 36.0 Å². The summed E-state index contributed by atoms with van der Waals surface area (Å²) >= 11 is 0. The molecule has 0 saturated heterocycles. The van der Waals surface area contributed by atoms with Crippen LogP contribution in [0.15, 0.2) is 77.5 Å². The minimum Gasteiger partial charge on any atom is -0.507 e. The van der Waals surface area contributed by atoms with E-state index in [1.807, 2.05) is 19.9 Å². The maximum atomic E-state index is 13.0. The Morgan fingerprint density at radius 2 is 1.76 bits per heavy atom. The van der Waals surface area contributed by atoms with Gasteiger partial charge in [0.15, 0.2) is 11.5 Å². The number of nitrogens with one attached hydrogen (secondary N) is 2. The van der Waals surface area contributed by atoms with Gasteiger partial charge in [-0.25, -0.2) is 5.43 Å². The van der Waals surface area contributed by atoms with Crippen molar-refractivity contribution < 1.29 is 24.2 Å². The quantitative estimate of drug-likeness (QED) is 0.234. The zero-order chi connectivity index (χ0) is 26.2. The number of fused-ring (bicyclic) bond motifs is 1. The van der Waals surface area contributed by atoms with Crippen LogP contribution in [0, 0.1) is 0 Å². The van der Waals surface area contributed by atoms with Crippen LogP contribution in [0.25, 0.3) is 6.08 Å². The number of carbonyl (C=O) groups excluding carboxylic acids is 2. The summed E-state index contributed by atoms with van der Waals surface area (Å²) in [5.74, 6) is 0.0992. The number of carbonyl (C=O) groups is 2. The molecule has 2 amide bonds. The average Bonchev–Trinajstić information content (AvgIpc) is 3.38. The van der Waals surface area contributed by atoms with E-state index in [2.05, 4.69) is 20.7 Å². The van der Waals surface area contributed by atoms with Gasteiger partial charge in [-0.1, -0.05) is 24.3 Å². The number of nitrogens with zero attached hydrogens (tertiary/aromatic N) is 2. The molecular weight excluding hydrogens is 472 g/mol. The molecule has 4 rings (SSSR count). The van der Waals surface area contributed by atoms with E-state index >= 15 is 0 Å². The van der Waals surface area contributed by atoms with Crippen LogP contribution >= 0.6 is 0 Å². The molecule has 3 N–H and O–H groups in total. The zero-order valence-corrected chi connectivity index (χ0v) is 20.6. The van der Waals surface area contributed by atoms with Crippen LogP contribution in [0.1, 0.15) is 35.3 Å². The first kappa shape index (κ1) is 25.3. The van der Waals surface area contributed by atoms with E-state index in [4.69, 9.17) is 9.47 Å². The first-order valence-corrected chi connectivity index (χ1v) is 11.9. The van der Waals surface area contributed by atoms with Crippen LogP contribution in [0.4, 0.5) is 5.69 Å². The van der Waals surface area contributed by atoms with Crippen molar-refractivity contribution in [1.82, 2.24) is 10.7 Å². The second-order valence-electron chi connectivity index (χ2n) is 8.11. The number of aromatic hydroxyl groups is 1. The fourth-order valence-corrected chi connectivity index (χ4v) is 3.76. The molecule has 1 aliphatic rings. The smallest absolute Gasteiger partial charge is 0.287 e. The van der Waals surface area contributed by atoms with Crippen LogP contribution in [0.2, 0.25) is 0 Å². The molecule has 0 radical (unpaired) electrons. The summed E-state index contributed by atoms with van der Waals surface area (Å²) in [6, 6.07) is 19.0. The average molecular weight is 501 g/mol. The molecule has 0 saturated carbocycles. The van der Waals surface area contributed by atoms with Crippen molar-refractivity contribution in [2.24, 2.45) is 5.10 Å². The van der Waals surface area contributed by atoms with Crippen molar-refractivity contribution in [1.29, 1.82) is 0 Å². The minimum absolute atomic E-state index is 0.0222. The van der Waals surface area contributed by atoms with Crippen LogP contribution in [-0.2, 0) is 4.79 Å². The molecule has 1 heterocycles. The lowest BCUT2D eigenvalue weighted by atomic mass is 10.1. The molecule has 3 aromatic carbocycles. The predicted octanol–water partition coefficient (Wildman–Crippen LogP) is 3.89. The Balaban J connectivity index is 1.53. The van der Waals surface area contributed by atoms with E-state index in [0.717, 1.165) is 18.8 Å². The minimum atomic E-state index is -0.641. The van der Waals surface area contributed by atoms with Gasteiger partial charge in [0.1, 0.15) is 11.4 Å². The second-order valence-corrected chi connectivity index (χ2v) is 8.11. The van der Waals surface area contributed by atoms with Crippen molar-refractivity contribution >= 4 is 29.8 Å². The molecule has 1 aliphatic heterocycles. The fourth-order valence-electron chi connectivity index (χ4n) is 3.76. The van der Waals surface area contributed by atoms with Crippen molar-refractivity contribution in [2.75, 3.05) is 24.8 Å². The molecular formula is C28H28N4O5. The van der Waals surface area contributed by atoms with Crippen molar-refractivity contribution in [2.45, 2.75) is 13.8 Å². The molecule has 0 atom stereocenters. The number of anilines is 1. The number of hydrazone groups is 1. The molecule has 0 unspecified atom stereocenters. The maximum Gasteiger partial charge on any atom is 0.287 e. The van der Waals surface area contributed by atoms with Crippen molar-refractivity contribution in [3.63, 3.8) is 0 Å². The highest BCUT2D eigenvalue weighted by Gasteiger charge is 2.17. The summed E-state index contributed by atoms with van der Waals surface area (Å²) in [6.07, 6.45) is 2.86. The van der Waals surface area contributed by atoms with Gasteiger partial charge in [-0.3, -0.25) is 9.59 Å². The van der Waals surface area contributed by atoms with Gasteiger partial charge >= 0.3 is 0 Å². The lowest BCUT2D eigenvalue weighted by molar-refractivity contribution is -0.117. The van der Waals surface area contributed by atoms with E-state index in [1.54, 1.807) is 60.7 Å². The number of benzene rings is 3. The van der Waals surface area contributed by atoms with Gasteiger partial charge in [0.25, 0.3) is 11.8 Å². The highest BCUT2D eigenvalue weighted by atomic mass is 16.7. The Labute approximate surface area is 215 Å². The first-order valence-electron chi connectivity index (χ1n) is 11.9.